The first-order valence-electron chi connectivity index (χ1n) is 3.88. The Morgan fingerprint density at radius 1 is 1.36 bits per heavy atom. The fourth-order valence-corrected chi connectivity index (χ4v) is 2.66. The highest BCUT2D eigenvalue weighted by Gasteiger charge is 2.16. The van der Waals surface area contributed by atoms with E-state index in [2.05, 4.69) is 4.72 Å². The first-order chi connectivity index (χ1) is 6.58. The molecule has 0 saturated heterocycles. The summed E-state index contributed by atoms with van der Waals surface area (Å²) in [6, 6.07) is 5.30. The van der Waals surface area contributed by atoms with Crippen LogP contribution in [0.5, 0.6) is 0 Å². The average molecular weight is 329 g/mol. The van der Waals surface area contributed by atoms with Gasteiger partial charge in [0, 0.05) is 11.0 Å². The molecule has 0 heterocycles. The van der Waals surface area contributed by atoms with Crippen LogP contribution in [-0.2, 0) is 10.0 Å². The molecular formula is C8H9FINO2S. The summed E-state index contributed by atoms with van der Waals surface area (Å²) in [5.74, 6) is -0.728. The molecule has 0 radical (unpaired) electrons. The van der Waals surface area contributed by atoms with Crippen molar-refractivity contribution in [2.24, 2.45) is 0 Å². The molecule has 0 saturated carbocycles. The van der Waals surface area contributed by atoms with Gasteiger partial charge in [-0.1, -0.05) is 34.7 Å². The Labute approximate surface area is 95.9 Å². The number of hydrogen-bond acceptors (Lipinski definition) is 2. The standard InChI is InChI=1S/C8H9FINO2S/c9-7-3-1-2-4-8(7)14(12,13)11-6-5-10/h1-4,11H,5-6H2. The van der Waals surface area contributed by atoms with Crippen molar-refractivity contribution in [2.45, 2.75) is 4.90 Å². The van der Waals surface area contributed by atoms with Gasteiger partial charge in [-0.25, -0.2) is 17.5 Å². The number of benzene rings is 1. The van der Waals surface area contributed by atoms with Crippen molar-refractivity contribution in [2.75, 3.05) is 11.0 Å². The maximum absolute atomic E-state index is 13.1. The Morgan fingerprint density at radius 2 is 2.00 bits per heavy atom. The Balaban J connectivity index is 2.99. The second-order valence-corrected chi connectivity index (χ2v) is 5.33. The maximum Gasteiger partial charge on any atom is 0.243 e. The zero-order chi connectivity index (χ0) is 10.6. The van der Waals surface area contributed by atoms with Crippen LogP contribution in [0.2, 0.25) is 0 Å². The lowest BCUT2D eigenvalue weighted by atomic mass is 10.4. The van der Waals surface area contributed by atoms with Crippen molar-refractivity contribution in [3.8, 4) is 0 Å². The van der Waals surface area contributed by atoms with Gasteiger partial charge >= 0.3 is 0 Å². The molecular weight excluding hydrogens is 320 g/mol. The Hall–Kier alpha value is -0.210. The summed E-state index contributed by atoms with van der Waals surface area (Å²) < 4.78 is 38.9. The van der Waals surface area contributed by atoms with Gasteiger partial charge in [0.2, 0.25) is 10.0 Å². The molecule has 0 bridgehead atoms. The number of sulfonamides is 1. The van der Waals surface area contributed by atoms with Gasteiger partial charge in [-0.3, -0.25) is 0 Å². The second kappa shape index (κ2) is 5.04. The lowest BCUT2D eigenvalue weighted by Gasteiger charge is -2.05. The maximum atomic E-state index is 13.1. The minimum Gasteiger partial charge on any atom is -0.210 e. The smallest absolute Gasteiger partial charge is 0.210 e. The summed E-state index contributed by atoms with van der Waals surface area (Å²) in [5.41, 5.74) is 0. The highest BCUT2D eigenvalue weighted by Crippen LogP contribution is 2.12. The third kappa shape index (κ3) is 2.89. The number of halogens is 2. The first kappa shape index (κ1) is 11.9. The van der Waals surface area contributed by atoms with Crippen molar-refractivity contribution >= 4 is 32.6 Å². The Kier molecular flexibility index (Phi) is 4.27. The van der Waals surface area contributed by atoms with Gasteiger partial charge in [0.25, 0.3) is 0 Å². The van der Waals surface area contributed by atoms with E-state index in [0.29, 0.717) is 11.0 Å². The van der Waals surface area contributed by atoms with Gasteiger partial charge in [-0.05, 0) is 12.1 Å². The highest BCUT2D eigenvalue weighted by molar-refractivity contribution is 14.1. The van der Waals surface area contributed by atoms with Crippen LogP contribution in [-0.4, -0.2) is 19.4 Å². The predicted molar refractivity (Wildman–Crippen MR) is 60.5 cm³/mol. The van der Waals surface area contributed by atoms with E-state index in [-0.39, 0.29) is 4.90 Å². The summed E-state index contributed by atoms with van der Waals surface area (Å²) >= 11 is 2.03. The molecule has 0 aliphatic heterocycles. The van der Waals surface area contributed by atoms with Crippen LogP contribution in [0, 0.1) is 5.82 Å². The van der Waals surface area contributed by atoms with E-state index in [1.807, 2.05) is 22.6 Å². The molecule has 0 fully saturated rings. The molecule has 6 heteroatoms. The lowest BCUT2D eigenvalue weighted by Crippen LogP contribution is -2.26. The van der Waals surface area contributed by atoms with Gasteiger partial charge in [0.15, 0.2) is 0 Å². The van der Waals surface area contributed by atoms with Crippen LogP contribution in [0.4, 0.5) is 4.39 Å². The monoisotopic (exact) mass is 329 g/mol. The lowest BCUT2D eigenvalue weighted by molar-refractivity contribution is 0.559. The normalized spacial score (nSPS) is 11.6. The molecule has 3 nitrogen and oxygen atoms in total. The first-order valence-corrected chi connectivity index (χ1v) is 6.89. The van der Waals surface area contributed by atoms with Crippen LogP contribution < -0.4 is 4.72 Å². The van der Waals surface area contributed by atoms with Crippen molar-refractivity contribution in [3.05, 3.63) is 30.1 Å². The minimum atomic E-state index is -3.68. The van der Waals surface area contributed by atoms with Crippen LogP contribution in [0.3, 0.4) is 0 Å². The molecule has 0 aromatic heterocycles. The molecule has 0 aliphatic carbocycles. The Bertz CT molecular complexity index is 408. The largest absolute Gasteiger partial charge is 0.243 e. The van der Waals surface area contributed by atoms with E-state index >= 15 is 0 Å². The molecule has 0 unspecified atom stereocenters. The SMILES string of the molecule is O=S(=O)(NCCI)c1ccccc1F. The number of rotatable bonds is 4. The summed E-state index contributed by atoms with van der Waals surface area (Å²) in [7, 11) is -3.68. The van der Waals surface area contributed by atoms with Gasteiger partial charge in [-0.15, -0.1) is 0 Å². The molecule has 1 rings (SSSR count). The van der Waals surface area contributed by atoms with E-state index < -0.39 is 15.8 Å². The van der Waals surface area contributed by atoms with E-state index in [1.165, 1.54) is 18.2 Å². The summed E-state index contributed by atoms with van der Waals surface area (Å²) in [6.07, 6.45) is 0. The minimum absolute atomic E-state index is 0.301. The zero-order valence-electron chi connectivity index (χ0n) is 7.20. The van der Waals surface area contributed by atoms with Crippen molar-refractivity contribution in [1.29, 1.82) is 0 Å². The summed E-state index contributed by atoms with van der Waals surface area (Å²) in [6.45, 7) is 0.303. The van der Waals surface area contributed by atoms with Crippen molar-refractivity contribution in [3.63, 3.8) is 0 Å². The molecule has 14 heavy (non-hydrogen) atoms. The summed E-state index contributed by atoms with van der Waals surface area (Å²) in [4.78, 5) is -0.301. The van der Waals surface area contributed by atoms with E-state index in [4.69, 9.17) is 0 Å². The third-order valence-corrected chi connectivity index (χ3v) is 3.55. The highest BCUT2D eigenvalue weighted by atomic mass is 127. The topological polar surface area (TPSA) is 46.2 Å². The number of nitrogens with one attached hydrogen (secondary N) is 1. The van der Waals surface area contributed by atoms with Crippen LogP contribution in [0.15, 0.2) is 29.2 Å². The fourth-order valence-electron chi connectivity index (χ4n) is 0.913. The van der Waals surface area contributed by atoms with Crippen LogP contribution >= 0.6 is 22.6 Å². The van der Waals surface area contributed by atoms with Gasteiger partial charge < -0.3 is 0 Å². The van der Waals surface area contributed by atoms with Gasteiger partial charge in [0.05, 0.1) is 0 Å². The summed E-state index contributed by atoms with van der Waals surface area (Å²) in [5, 5.41) is 0. The second-order valence-electron chi connectivity index (χ2n) is 2.52. The van der Waals surface area contributed by atoms with E-state index in [9.17, 15) is 12.8 Å². The van der Waals surface area contributed by atoms with E-state index in [1.54, 1.807) is 0 Å². The van der Waals surface area contributed by atoms with Gasteiger partial charge in [-0.2, -0.15) is 0 Å². The molecule has 0 aliphatic rings. The molecule has 1 aromatic rings. The van der Waals surface area contributed by atoms with Crippen molar-refractivity contribution in [1.82, 2.24) is 4.72 Å². The van der Waals surface area contributed by atoms with Crippen LogP contribution in [0.25, 0.3) is 0 Å². The quantitative estimate of drug-likeness (QED) is 0.673. The predicted octanol–water partition coefficient (Wildman–Crippen LogP) is 1.54. The Morgan fingerprint density at radius 3 is 2.57 bits per heavy atom. The van der Waals surface area contributed by atoms with Crippen molar-refractivity contribution < 1.29 is 12.8 Å². The molecule has 0 spiro atoms. The number of alkyl halides is 1. The molecule has 0 atom stereocenters. The van der Waals surface area contributed by atoms with E-state index in [0.717, 1.165) is 6.07 Å². The molecule has 78 valence electrons. The van der Waals surface area contributed by atoms with Crippen LogP contribution in [0.1, 0.15) is 0 Å². The fraction of sp³-hybridized carbons (Fsp3) is 0.250. The van der Waals surface area contributed by atoms with Gasteiger partial charge in [0.1, 0.15) is 10.7 Å². The average Bonchev–Trinajstić information content (AvgIpc) is 2.15. The molecule has 1 aromatic carbocycles. The third-order valence-electron chi connectivity index (χ3n) is 1.51. The molecule has 1 N–H and O–H groups in total. The molecule has 0 amide bonds. The zero-order valence-corrected chi connectivity index (χ0v) is 10.2. The number of hydrogen-bond donors (Lipinski definition) is 1.